The number of aryl methyl sites for hydroxylation is 1. The predicted molar refractivity (Wildman–Crippen MR) is 217 cm³/mol. The molecule has 1 aromatic carbocycles. The fourth-order valence-electron chi connectivity index (χ4n) is 7.31. The maximum Gasteiger partial charge on any atom is 0.335 e. The third kappa shape index (κ3) is 18.4. The monoisotopic (exact) mass is 904 g/mol. The lowest BCUT2D eigenvalue weighted by Crippen LogP contribution is -2.48. The van der Waals surface area contributed by atoms with Crippen LogP contribution >= 0.6 is 0 Å². The van der Waals surface area contributed by atoms with Gasteiger partial charge in [0.05, 0.1) is 25.2 Å². The van der Waals surface area contributed by atoms with Gasteiger partial charge in [-0.25, -0.2) is 9.59 Å². The minimum Gasteiger partial charge on any atom is -0.481 e. The van der Waals surface area contributed by atoms with Crippen LogP contribution < -0.4 is 26.6 Å². The van der Waals surface area contributed by atoms with Gasteiger partial charge in [0.25, 0.3) is 11.8 Å². The highest BCUT2D eigenvalue weighted by Crippen LogP contribution is 2.31. The summed E-state index contributed by atoms with van der Waals surface area (Å²) in [6.45, 7) is 2.06. The second-order valence-corrected chi connectivity index (χ2v) is 15.9. The normalized spacial score (nSPS) is 18.9. The average Bonchev–Trinajstić information content (AvgIpc) is 3.51. The Morgan fingerprint density at radius 2 is 1.20 bits per heavy atom. The first-order chi connectivity index (χ1) is 30.2. The lowest BCUT2D eigenvalue weighted by molar-refractivity contribution is -0.224. The summed E-state index contributed by atoms with van der Waals surface area (Å²) >= 11 is 0. The smallest absolute Gasteiger partial charge is 0.335 e. The summed E-state index contributed by atoms with van der Waals surface area (Å²) in [4.78, 5) is 141. The molecular formula is C41H56N6O17. The van der Waals surface area contributed by atoms with Gasteiger partial charge in [-0.15, -0.1) is 5.06 Å². The molecule has 23 nitrogen and oxygen atoms in total. The molecule has 0 aromatic heterocycles. The number of nitrogens with zero attached hydrogens (tertiary/aromatic N) is 1. The van der Waals surface area contributed by atoms with Crippen molar-refractivity contribution < 1.29 is 83.1 Å². The molecule has 352 valence electrons. The van der Waals surface area contributed by atoms with Crippen molar-refractivity contribution in [3.8, 4) is 0 Å². The number of hydroxylamine groups is 2. The van der Waals surface area contributed by atoms with Crippen molar-refractivity contribution in [1.82, 2.24) is 31.6 Å². The Kier molecular flexibility index (Phi) is 20.6. The van der Waals surface area contributed by atoms with E-state index in [1.54, 1.807) is 18.2 Å². The Balaban J connectivity index is 1.50. The maximum atomic E-state index is 13.1. The molecule has 64 heavy (non-hydrogen) atoms. The van der Waals surface area contributed by atoms with Crippen LogP contribution in [0.5, 0.6) is 0 Å². The molecular weight excluding hydrogens is 848 g/mol. The largest absolute Gasteiger partial charge is 0.481 e. The number of aliphatic hydroxyl groups is 1. The number of carboxylic acid groups (broad SMARTS) is 4. The zero-order chi connectivity index (χ0) is 47.5. The molecule has 1 saturated carbocycles. The molecule has 6 amide bonds. The van der Waals surface area contributed by atoms with E-state index in [-0.39, 0.29) is 63.8 Å². The van der Waals surface area contributed by atoms with E-state index in [1.165, 1.54) is 0 Å². The van der Waals surface area contributed by atoms with Crippen LogP contribution in [0.25, 0.3) is 0 Å². The molecule has 1 heterocycles. The van der Waals surface area contributed by atoms with Crippen LogP contribution in [0, 0.1) is 18.8 Å². The minimum atomic E-state index is -1.45. The number of hydrogen-bond acceptors (Lipinski definition) is 13. The van der Waals surface area contributed by atoms with Crippen LogP contribution in [0.1, 0.15) is 112 Å². The number of amides is 6. The number of carbonyl (C=O) groups excluding carboxylic acids is 7. The summed E-state index contributed by atoms with van der Waals surface area (Å²) in [5.74, 6) is -12.0. The number of aliphatic carboxylic acids is 4. The van der Waals surface area contributed by atoms with E-state index in [1.807, 2.05) is 13.0 Å². The van der Waals surface area contributed by atoms with Gasteiger partial charge in [0.2, 0.25) is 23.6 Å². The quantitative estimate of drug-likeness (QED) is 0.0534. The SMILES string of the molecule is Cc1cccc(C(=O)NCCCCC(NC(=O)CC(CC(=O)O)NC(=O)CC(CC(=O)O)NC(=O)CC(CC(=O)O)NC(=O)C2CCC(C(=O)ON3C(=O)CCC3O)CC2)C(=O)O)c1. The van der Waals surface area contributed by atoms with Crippen molar-refractivity contribution in [2.24, 2.45) is 11.8 Å². The molecule has 1 aliphatic carbocycles. The number of unbranched alkanes of at least 4 members (excludes halogenated alkanes) is 1. The number of benzene rings is 1. The topological polar surface area (TPSA) is 362 Å². The van der Waals surface area contributed by atoms with E-state index >= 15 is 0 Å². The second kappa shape index (κ2) is 25.5. The van der Waals surface area contributed by atoms with E-state index in [9.17, 15) is 78.3 Å². The summed E-state index contributed by atoms with van der Waals surface area (Å²) in [6, 6.07) is 1.44. The fraction of sp³-hybridized carbons (Fsp3) is 0.585. The van der Waals surface area contributed by atoms with Crippen molar-refractivity contribution in [1.29, 1.82) is 0 Å². The standard InChI is InChI=1S/C41H56N6O17/c1-22-5-4-6-25(15-22)38(59)42-14-3-2-7-29(40(61)62)46-32(50)17-27(20-36(55)56)44-30(48)16-26(19-35(53)54)43-31(49)18-28(21-37(57)58)45-39(60)23-8-10-24(11-9-23)41(63)64-47-33(51)12-13-34(47)52/h4-6,15,23-24,26-29,33,51H,2-3,7-14,16-21H2,1H3,(H,42,59)(H,43,49)(H,44,48)(H,45,60)(H,46,50)(H,53,54)(H,55,56)(H,57,58)(H,61,62). The third-order valence-electron chi connectivity index (χ3n) is 10.5. The molecule has 10 N–H and O–H groups in total. The zero-order valence-electron chi connectivity index (χ0n) is 35.2. The van der Waals surface area contributed by atoms with E-state index in [0.717, 1.165) is 5.56 Å². The van der Waals surface area contributed by atoms with Crippen LogP contribution in [0.15, 0.2) is 24.3 Å². The van der Waals surface area contributed by atoms with Gasteiger partial charge in [-0.3, -0.25) is 43.2 Å². The summed E-state index contributed by atoms with van der Waals surface area (Å²) in [5.41, 5.74) is 1.36. The summed E-state index contributed by atoms with van der Waals surface area (Å²) in [6.07, 6.45) is -4.20. The van der Waals surface area contributed by atoms with Crippen molar-refractivity contribution in [2.45, 2.75) is 134 Å². The predicted octanol–water partition coefficient (Wildman–Crippen LogP) is -0.281. The summed E-state index contributed by atoms with van der Waals surface area (Å²) in [5, 5.41) is 60.7. The number of nitrogens with one attached hydrogen (secondary N) is 5. The highest BCUT2D eigenvalue weighted by molar-refractivity contribution is 5.94. The first kappa shape index (κ1) is 51.7. The molecule has 5 unspecified atom stereocenters. The molecule has 0 radical (unpaired) electrons. The number of aliphatic hydroxyl groups excluding tert-OH is 1. The van der Waals surface area contributed by atoms with E-state index < -0.39 is 140 Å². The van der Waals surface area contributed by atoms with Crippen LogP contribution in [0.3, 0.4) is 0 Å². The summed E-state index contributed by atoms with van der Waals surface area (Å²) < 4.78 is 0. The highest BCUT2D eigenvalue weighted by Gasteiger charge is 2.38. The van der Waals surface area contributed by atoms with Gasteiger partial charge in [0, 0.05) is 68.3 Å². The Labute approximate surface area is 367 Å². The molecule has 1 aromatic rings. The first-order valence-corrected chi connectivity index (χ1v) is 20.8. The van der Waals surface area contributed by atoms with Crippen molar-refractivity contribution in [3.63, 3.8) is 0 Å². The van der Waals surface area contributed by atoms with Crippen LogP contribution in [-0.4, -0.2) is 133 Å². The number of hydrogen-bond donors (Lipinski definition) is 10. The van der Waals surface area contributed by atoms with Gasteiger partial charge in [0.15, 0.2) is 6.23 Å². The zero-order valence-corrected chi connectivity index (χ0v) is 35.2. The molecule has 2 fully saturated rings. The van der Waals surface area contributed by atoms with Crippen molar-refractivity contribution in [2.75, 3.05) is 6.54 Å². The number of rotatable bonds is 26. The average molecular weight is 905 g/mol. The first-order valence-electron chi connectivity index (χ1n) is 20.8. The highest BCUT2D eigenvalue weighted by atomic mass is 16.7. The molecule has 2 aliphatic rings. The lowest BCUT2D eigenvalue weighted by Gasteiger charge is -2.29. The second-order valence-electron chi connectivity index (χ2n) is 15.9. The van der Waals surface area contributed by atoms with E-state index in [2.05, 4.69) is 26.6 Å². The van der Waals surface area contributed by atoms with Crippen LogP contribution in [-0.2, 0) is 52.8 Å². The van der Waals surface area contributed by atoms with Crippen molar-refractivity contribution in [3.05, 3.63) is 35.4 Å². The van der Waals surface area contributed by atoms with E-state index in [0.29, 0.717) is 17.0 Å². The maximum absolute atomic E-state index is 13.1. The Morgan fingerprint density at radius 1 is 0.688 bits per heavy atom. The lowest BCUT2D eigenvalue weighted by atomic mass is 9.81. The Bertz CT molecular complexity index is 1900. The van der Waals surface area contributed by atoms with E-state index in [4.69, 9.17) is 4.84 Å². The fourth-order valence-corrected chi connectivity index (χ4v) is 7.31. The summed E-state index contributed by atoms with van der Waals surface area (Å²) in [7, 11) is 0. The van der Waals surface area contributed by atoms with Crippen molar-refractivity contribution >= 4 is 65.3 Å². The van der Waals surface area contributed by atoms with Gasteiger partial charge in [-0.05, 0) is 64.0 Å². The Morgan fingerprint density at radius 3 is 1.69 bits per heavy atom. The number of carboxylic acids is 4. The minimum absolute atomic E-state index is 0.0199. The van der Waals surface area contributed by atoms with Gasteiger partial charge in [0.1, 0.15) is 6.04 Å². The van der Waals surface area contributed by atoms with Crippen LogP contribution in [0.4, 0.5) is 0 Å². The third-order valence-corrected chi connectivity index (χ3v) is 10.5. The molecule has 1 aliphatic heterocycles. The van der Waals surface area contributed by atoms with Gasteiger partial charge < -0.3 is 57.0 Å². The molecule has 0 bridgehead atoms. The Hall–Kier alpha value is -6.65. The number of carbonyl (C=O) groups is 11. The van der Waals surface area contributed by atoms with Gasteiger partial charge in [-0.2, -0.15) is 0 Å². The van der Waals surface area contributed by atoms with Crippen LogP contribution in [0.2, 0.25) is 0 Å². The van der Waals surface area contributed by atoms with Gasteiger partial charge >= 0.3 is 29.8 Å². The molecule has 23 heteroatoms. The molecule has 0 spiro atoms. The van der Waals surface area contributed by atoms with Gasteiger partial charge in [-0.1, -0.05) is 17.7 Å². The molecule has 1 saturated heterocycles. The molecule has 5 atom stereocenters. The molecule has 3 rings (SSSR count).